The summed E-state index contributed by atoms with van der Waals surface area (Å²) in [6.45, 7) is 0. The number of amides is 1. The van der Waals surface area contributed by atoms with Crippen LogP contribution in [0.15, 0.2) is 60.7 Å². The van der Waals surface area contributed by atoms with Crippen LogP contribution in [-0.2, 0) is 0 Å². The highest BCUT2D eigenvalue weighted by molar-refractivity contribution is 5.69. The Hall–Kier alpha value is -2.29. The standard InChI is InChI=1S/C9H10.C8H9NO2/c1-2-4-8(5-3-1)9-6-7-9;1-9-8(10)11-7-5-3-2-4-6-7/h1-5,9H,6-7H2;2-6H,1H3,(H,9,10). The van der Waals surface area contributed by atoms with Crippen molar-refractivity contribution in [1.29, 1.82) is 0 Å². The summed E-state index contributed by atoms with van der Waals surface area (Å²) in [5.41, 5.74) is 1.53. The monoisotopic (exact) mass is 269 g/mol. The Kier molecular flexibility index (Phi) is 5.18. The van der Waals surface area contributed by atoms with Gasteiger partial charge in [-0.1, -0.05) is 48.5 Å². The molecule has 2 aromatic carbocycles. The van der Waals surface area contributed by atoms with Crippen LogP contribution in [0.2, 0.25) is 0 Å². The predicted molar refractivity (Wildman–Crippen MR) is 79.9 cm³/mol. The van der Waals surface area contributed by atoms with E-state index in [9.17, 15) is 4.79 Å². The van der Waals surface area contributed by atoms with Crippen LogP contribution in [0, 0.1) is 0 Å². The van der Waals surface area contributed by atoms with Gasteiger partial charge in [-0.15, -0.1) is 0 Å². The first kappa shape index (κ1) is 14.1. The average Bonchev–Trinajstić information content (AvgIpc) is 3.34. The van der Waals surface area contributed by atoms with Gasteiger partial charge in [0.15, 0.2) is 0 Å². The molecule has 0 spiro atoms. The van der Waals surface area contributed by atoms with Crippen molar-refractivity contribution in [2.24, 2.45) is 0 Å². The maximum absolute atomic E-state index is 10.6. The maximum atomic E-state index is 10.6. The van der Waals surface area contributed by atoms with Crippen LogP contribution >= 0.6 is 0 Å². The molecule has 0 bridgehead atoms. The van der Waals surface area contributed by atoms with E-state index < -0.39 is 6.09 Å². The van der Waals surface area contributed by atoms with Gasteiger partial charge in [-0.25, -0.2) is 4.79 Å². The third kappa shape index (κ3) is 4.76. The summed E-state index contributed by atoms with van der Waals surface area (Å²) in [6.07, 6.45) is 2.37. The van der Waals surface area contributed by atoms with E-state index in [4.69, 9.17) is 4.74 Å². The van der Waals surface area contributed by atoms with Crippen LogP contribution < -0.4 is 10.1 Å². The predicted octanol–water partition coefficient (Wildman–Crippen LogP) is 3.97. The second kappa shape index (κ2) is 7.34. The summed E-state index contributed by atoms with van der Waals surface area (Å²) in [7, 11) is 1.52. The zero-order valence-electron chi connectivity index (χ0n) is 11.6. The number of ether oxygens (including phenoxy) is 1. The van der Waals surface area contributed by atoms with Crippen molar-refractivity contribution in [2.75, 3.05) is 7.05 Å². The molecule has 0 aliphatic heterocycles. The first-order valence-electron chi connectivity index (χ1n) is 6.79. The van der Waals surface area contributed by atoms with Gasteiger partial charge in [0.05, 0.1) is 0 Å². The number of carbonyl (C=O) groups excluding carboxylic acids is 1. The first-order chi connectivity index (χ1) is 9.79. The molecule has 0 saturated heterocycles. The molecule has 1 aliphatic rings. The molecule has 2 aromatic rings. The molecule has 0 aromatic heterocycles. The van der Waals surface area contributed by atoms with E-state index in [2.05, 4.69) is 35.6 Å². The van der Waals surface area contributed by atoms with Gasteiger partial charge in [-0.05, 0) is 36.5 Å². The van der Waals surface area contributed by atoms with Crippen molar-refractivity contribution in [2.45, 2.75) is 18.8 Å². The maximum Gasteiger partial charge on any atom is 0.412 e. The number of carbonyl (C=O) groups is 1. The summed E-state index contributed by atoms with van der Waals surface area (Å²) in [6, 6.07) is 19.7. The van der Waals surface area contributed by atoms with E-state index in [0.717, 1.165) is 5.92 Å². The van der Waals surface area contributed by atoms with E-state index in [1.165, 1.54) is 25.5 Å². The molecule has 20 heavy (non-hydrogen) atoms. The Morgan fingerprint density at radius 3 is 2.05 bits per heavy atom. The minimum Gasteiger partial charge on any atom is -0.410 e. The van der Waals surface area contributed by atoms with Gasteiger partial charge in [-0.2, -0.15) is 0 Å². The molecule has 0 unspecified atom stereocenters. The molecule has 0 radical (unpaired) electrons. The van der Waals surface area contributed by atoms with E-state index in [1.807, 2.05) is 6.07 Å². The number of nitrogens with one attached hydrogen (secondary N) is 1. The largest absolute Gasteiger partial charge is 0.412 e. The lowest BCUT2D eigenvalue weighted by Gasteiger charge is -2.00. The highest BCUT2D eigenvalue weighted by Gasteiger charge is 2.22. The van der Waals surface area contributed by atoms with Crippen molar-refractivity contribution in [3.05, 3.63) is 66.2 Å². The quantitative estimate of drug-likeness (QED) is 0.896. The Morgan fingerprint density at radius 1 is 1.00 bits per heavy atom. The van der Waals surface area contributed by atoms with Crippen LogP contribution in [0.1, 0.15) is 24.3 Å². The van der Waals surface area contributed by atoms with Crippen molar-refractivity contribution in [3.63, 3.8) is 0 Å². The first-order valence-corrected chi connectivity index (χ1v) is 6.79. The Balaban J connectivity index is 0.000000149. The lowest BCUT2D eigenvalue weighted by atomic mass is 10.1. The lowest BCUT2D eigenvalue weighted by Crippen LogP contribution is -2.21. The summed E-state index contributed by atoms with van der Waals surface area (Å²) in [4.78, 5) is 10.6. The van der Waals surface area contributed by atoms with E-state index in [-0.39, 0.29) is 0 Å². The zero-order valence-corrected chi connectivity index (χ0v) is 11.6. The van der Waals surface area contributed by atoms with Gasteiger partial charge in [-0.3, -0.25) is 0 Å². The summed E-state index contributed by atoms with van der Waals surface area (Å²) in [5, 5.41) is 2.35. The molecule has 3 heteroatoms. The fourth-order valence-electron chi connectivity index (χ4n) is 1.79. The number of benzene rings is 2. The van der Waals surface area contributed by atoms with E-state index >= 15 is 0 Å². The topological polar surface area (TPSA) is 38.3 Å². The van der Waals surface area contributed by atoms with Crippen LogP contribution in [0.4, 0.5) is 4.79 Å². The molecule has 0 heterocycles. The van der Waals surface area contributed by atoms with Gasteiger partial charge < -0.3 is 10.1 Å². The second-order valence-corrected chi connectivity index (χ2v) is 4.64. The molecule has 1 aliphatic carbocycles. The van der Waals surface area contributed by atoms with Crippen molar-refractivity contribution >= 4 is 6.09 Å². The van der Waals surface area contributed by atoms with Gasteiger partial charge in [0, 0.05) is 7.05 Å². The van der Waals surface area contributed by atoms with Gasteiger partial charge in [0.2, 0.25) is 0 Å². The summed E-state index contributed by atoms with van der Waals surface area (Å²) in [5.74, 6) is 1.46. The number of rotatable bonds is 2. The van der Waals surface area contributed by atoms with Crippen molar-refractivity contribution in [3.8, 4) is 5.75 Å². The number of hydrogen-bond donors (Lipinski definition) is 1. The van der Waals surface area contributed by atoms with Gasteiger partial charge >= 0.3 is 6.09 Å². The third-order valence-corrected chi connectivity index (χ3v) is 3.01. The summed E-state index contributed by atoms with van der Waals surface area (Å²) < 4.78 is 4.81. The Bertz CT molecular complexity index is 521. The normalized spacial score (nSPS) is 12.8. The van der Waals surface area contributed by atoms with Crippen LogP contribution in [0.5, 0.6) is 5.75 Å². The number of hydrogen-bond acceptors (Lipinski definition) is 2. The SMILES string of the molecule is CNC(=O)Oc1ccccc1.c1ccc(C2CC2)cc1. The summed E-state index contributed by atoms with van der Waals surface area (Å²) >= 11 is 0. The molecule has 1 fully saturated rings. The minimum atomic E-state index is -0.448. The molecular formula is C17H19NO2. The molecule has 104 valence electrons. The van der Waals surface area contributed by atoms with Crippen LogP contribution in [0.3, 0.4) is 0 Å². The molecule has 1 saturated carbocycles. The highest BCUT2D eigenvalue weighted by Crippen LogP contribution is 2.39. The molecule has 0 atom stereocenters. The molecule has 3 nitrogen and oxygen atoms in total. The lowest BCUT2D eigenvalue weighted by molar-refractivity contribution is 0.203. The van der Waals surface area contributed by atoms with Crippen molar-refractivity contribution < 1.29 is 9.53 Å². The van der Waals surface area contributed by atoms with Crippen LogP contribution in [-0.4, -0.2) is 13.1 Å². The average molecular weight is 269 g/mol. The second-order valence-electron chi connectivity index (χ2n) is 4.64. The zero-order chi connectivity index (χ0) is 14.2. The van der Waals surface area contributed by atoms with E-state index in [0.29, 0.717) is 5.75 Å². The highest BCUT2D eigenvalue weighted by atomic mass is 16.5. The Morgan fingerprint density at radius 2 is 1.55 bits per heavy atom. The fraction of sp³-hybridized carbons (Fsp3) is 0.235. The minimum absolute atomic E-state index is 0.448. The fourth-order valence-corrected chi connectivity index (χ4v) is 1.79. The molecule has 1 N–H and O–H groups in total. The molecular weight excluding hydrogens is 250 g/mol. The van der Waals surface area contributed by atoms with Gasteiger partial charge in [0.1, 0.15) is 5.75 Å². The van der Waals surface area contributed by atoms with Gasteiger partial charge in [0.25, 0.3) is 0 Å². The van der Waals surface area contributed by atoms with Crippen molar-refractivity contribution in [1.82, 2.24) is 5.32 Å². The smallest absolute Gasteiger partial charge is 0.410 e. The Labute approximate surface area is 119 Å². The molecule has 3 rings (SSSR count). The third-order valence-electron chi connectivity index (χ3n) is 3.01. The van der Waals surface area contributed by atoms with Crippen LogP contribution in [0.25, 0.3) is 0 Å². The number of para-hydroxylation sites is 1. The van der Waals surface area contributed by atoms with E-state index in [1.54, 1.807) is 24.3 Å². The molecule has 1 amide bonds.